The average Bonchev–Trinajstić information content (AvgIpc) is 2.87. The number of hydrogen-bond donors (Lipinski definition) is 0. The zero-order valence-corrected chi connectivity index (χ0v) is 25.9. The van der Waals surface area contributed by atoms with Crippen LogP contribution in [0.1, 0.15) is 64.8 Å². The molecule has 2 rings (SSSR count). The molecule has 2 radical (unpaired) electrons. The molecule has 0 aliphatic rings. The standard InChI is InChI=1S/2C8H9N4S.2C4H9.Sn/c2*1-6(11-12-8(9)13)7-4-2-3-5-10-7;2*1-3-4-2;/h2*2-5H,1H3,(H2-,9,10,12,13);2*1,3-4H2,2H3;/q2*-1;;;/p+2. The number of unbranched alkanes of at least 4 members (excludes halogenated alkanes) is 2. The van der Waals surface area contributed by atoms with E-state index in [0.717, 1.165) is 11.4 Å². The Bertz CT molecular complexity index is 836. The molecule has 0 saturated heterocycles. The number of pyridine rings is 2. The molecule has 0 saturated carbocycles. The zero-order chi connectivity index (χ0) is 26.3. The molecule has 0 spiro atoms. The van der Waals surface area contributed by atoms with E-state index in [4.69, 9.17) is 11.5 Å². The summed E-state index contributed by atoms with van der Waals surface area (Å²) in [5, 5.41) is 14.7. The third-order valence-corrected chi connectivity index (χ3v) is 8.32. The van der Waals surface area contributed by atoms with Gasteiger partial charge in [0.1, 0.15) is 10.3 Å². The minimum atomic E-state index is -0.00437. The van der Waals surface area contributed by atoms with Gasteiger partial charge in [-0.25, -0.2) is 0 Å². The van der Waals surface area contributed by atoms with Gasteiger partial charge < -0.3 is 21.7 Å². The molecule has 0 atom stereocenters. The number of aromatic nitrogens is 2. The Balaban J connectivity index is 0.000000506. The fourth-order valence-electron chi connectivity index (χ4n) is 2.23. The monoisotopic (exact) mass is 622 g/mol. The van der Waals surface area contributed by atoms with Gasteiger partial charge in [0, 0.05) is 12.4 Å². The van der Waals surface area contributed by atoms with Crippen LogP contribution in [0.15, 0.2) is 69.2 Å². The first-order valence-corrected chi connectivity index (χ1v) is 16.5. The predicted octanol–water partition coefficient (Wildman–Crippen LogP) is 5.58. The first-order valence-electron chi connectivity index (χ1n) is 11.5. The van der Waals surface area contributed by atoms with Crippen LogP contribution < -0.4 is 0 Å². The summed E-state index contributed by atoms with van der Waals surface area (Å²) < 4.78 is 3.25. The first-order chi connectivity index (χ1) is 16.8. The van der Waals surface area contributed by atoms with Crippen LogP contribution in [0.4, 0.5) is 0 Å². The van der Waals surface area contributed by atoms with Crippen LogP contribution >= 0.6 is 0 Å². The molecular formula is C24H38N8S2Sn. The Kier molecular flexibility index (Phi) is 21.3. The van der Waals surface area contributed by atoms with E-state index in [1.807, 2.05) is 36.4 Å². The third kappa shape index (κ3) is 20.0. The van der Waals surface area contributed by atoms with Crippen molar-refractivity contribution in [3.63, 3.8) is 0 Å². The molecule has 35 heavy (non-hydrogen) atoms. The topological polar surface area (TPSA) is 123 Å². The average molecular weight is 621 g/mol. The van der Waals surface area contributed by atoms with Crippen LogP contribution in [-0.4, -0.2) is 52.9 Å². The van der Waals surface area contributed by atoms with Crippen molar-refractivity contribution in [3.05, 3.63) is 71.6 Å². The molecule has 8 nitrogen and oxygen atoms in total. The summed E-state index contributed by atoms with van der Waals surface area (Å²) in [6.07, 6.45) is 9.21. The maximum absolute atomic E-state index is 6.97. The quantitative estimate of drug-likeness (QED) is 0.0859. The van der Waals surface area contributed by atoms with Crippen LogP contribution in [0.5, 0.6) is 0 Å². The van der Waals surface area contributed by atoms with Gasteiger partial charge in [-0.15, -0.1) is 0 Å². The minimum absolute atomic E-state index is 0.00437. The van der Waals surface area contributed by atoms with Gasteiger partial charge in [0.15, 0.2) is 0 Å². The fourth-order valence-corrected chi connectivity index (χ4v) is 6.49. The Labute approximate surface area is 231 Å². The second-order valence-electron chi connectivity index (χ2n) is 7.16. The number of nitrogens with zero attached hydrogens (tertiary/aromatic N) is 6. The van der Waals surface area contributed by atoms with Gasteiger partial charge in [-0.05, 0) is 63.4 Å². The Morgan fingerprint density at radius 2 is 1.14 bits per heavy atom. The van der Waals surface area contributed by atoms with Crippen molar-refractivity contribution < 1.29 is 0 Å². The van der Waals surface area contributed by atoms with Crippen molar-refractivity contribution in [2.75, 3.05) is 0 Å². The summed E-state index contributed by atoms with van der Waals surface area (Å²) in [4.78, 5) is 8.16. The van der Waals surface area contributed by atoms with Gasteiger partial charge in [0.05, 0.1) is 22.8 Å². The van der Waals surface area contributed by atoms with Crippen molar-refractivity contribution >= 4 is 68.2 Å². The Hall–Kier alpha value is -1.92. The molecule has 190 valence electrons. The van der Waals surface area contributed by atoms with Crippen LogP contribution in [0, 0.1) is 0 Å². The van der Waals surface area contributed by atoms with Crippen molar-refractivity contribution in [1.82, 2.24) is 9.97 Å². The summed E-state index contributed by atoms with van der Waals surface area (Å²) in [6, 6.07) is 11.1. The molecule has 0 aliphatic carbocycles. The molecule has 11 heteroatoms. The second kappa shape index (κ2) is 22.5. The van der Waals surface area contributed by atoms with E-state index < -0.39 is 0 Å². The van der Waals surface area contributed by atoms with Crippen LogP contribution in [0.25, 0.3) is 11.5 Å². The summed E-state index contributed by atoms with van der Waals surface area (Å²) in [5.41, 5.74) is 16.8. The van der Waals surface area contributed by atoms with Gasteiger partial charge in [-0.2, -0.15) is 0 Å². The van der Waals surface area contributed by atoms with Gasteiger partial charge in [0.25, 0.3) is 0 Å². The molecule has 2 N–H and O–H groups in total. The molecular weight excluding hydrogens is 583 g/mol. The van der Waals surface area contributed by atoms with Crippen molar-refractivity contribution in [3.8, 4) is 0 Å². The van der Waals surface area contributed by atoms with Crippen molar-refractivity contribution in [2.24, 2.45) is 20.4 Å². The first kappa shape index (κ1) is 33.1. The van der Waals surface area contributed by atoms with Gasteiger partial charge in [-0.1, -0.05) is 12.1 Å². The maximum atomic E-state index is 6.97. The Morgan fingerprint density at radius 3 is 1.43 bits per heavy atom. The van der Waals surface area contributed by atoms with Crippen molar-refractivity contribution in [2.45, 2.75) is 62.3 Å². The predicted molar refractivity (Wildman–Crippen MR) is 162 cm³/mol. The number of nitrogens with one attached hydrogen (secondary N) is 2. The van der Waals surface area contributed by atoms with E-state index >= 15 is 0 Å². The van der Waals surface area contributed by atoms with E-state index in [2.05, 4.69) is 69.5 Å². The number of rotatable bonds is 10. The van der Waals surface area contributed by atoms with E-state index in [-0.39, 0.29) is 31.5 Å². The number of hydrogen-bond acceptors (Lipinski definition) is 6. The normalized spacial score (nSPS) is 12.3. The molecule has 2 heterocycles. The van der Waals surface area contributed by atoms with E-state index in [0.29, 0.717) is 11.4 Å². The van der Waals surface area contributed by atoms with Gasteiger partial charge >= 0.3 is 69.5 Å². The fraction of sp³-hybridized carbons (Fsp3) is 0.417. The van der Waals surface area contributed by atoms with Crippen LogP contribution in [-0.2, 0) is 25.3 Å². The van der Waals surface area contributed by atoms with E-state index in [9.17, 15) is 0 Å². The van der Waals surface area contributed by atoms with Crippen molar-refractivity contribution in [1.29, 1.82) is 0 Å². The summed E-state index contributed by atoms with van der Waals surface area (Å²) in [5.74, 6) is 0. The second-order valence-corrected chi connectivity index (χ2v) is 12.4. The molecule has 0 aliphatic heterocycles. The Morgan fingerprint density at radius 1 is 0.743 bits per heavy atom. The molecule has 2 aromatic rings. The van der Waals surface area contributed by atoms with Crippen LogP contribution in [0.3, 0.4) is 0 Å². The van der Waals surface area contributed by atoms with Gasteiger partial charge in [-0.3, -0.25) is 20.2 Å². The van der Waals surface area contributed by atoms with E-state index in [1.165, 1.54) is 25.7 Å². The summed E-state index contributed by atoms with van der Waals surface area (Å²) in [6.45, 7) is 8.17. The summed E-state index contributed by atoms with van der Waals surface area (Å²) >= 11 is 5.97. The van der Waals surface area contributed by atoms with Crippen LogP contribution in [0.2, 0.25) is 8.87 Å². The molecule has 0 unspecified atom stereocenters. The molecule has 0 bridgehead atoms. The molecule has 0 aromatic carbocycles. The zero-order valence-electron chi connectivity index (χ0n) is 21.0. The molecule has 0 fully saturated rings. The molecule has 2 aromatic heterocycles. The SMILES string of the molecule is C/C(=N/N=C(/[NH-])[SH2+])c1ccccn1.C/C(=N\N=C(\[NH-])[SH2+])c1ccccn1.CCC[CH2][Sn][CH2]CCC. The third-order valence-electron chi connectivity index (χ3n) is 4.09. The number of amidine groups is 2. The molecule has 0 amide bonds. The van der Waals surface area contributed by atoms with E-state index in [1.54, 1.807) is 35.1 Å². The summed E-state index contributed by atoms with van der Waals surface area (Å²) in [7, 11) is 0. The van der Waals surface area contributed by atoms with Gasteiger partial charge in [0.2, 0.25) is 0 Å².